The first kappa shape index (κ1) is 36.8. The second-order valence-corrected chi connectivity index (χ2v) is 15.7. The van der Waals surface area contributed by atoms with Gasteiger partial charge in [-0.2, -0.15) is 0 Å². The van der Waals surface area contributed by atoms with Crippen LogP contribution in [0.2, 0.25) is 0 Å². The molecule has 0 amide bonds. The fourth-order valence-electron chi connectivity index (χ4n) is 9.04. The lowest BCUT2D eigenvalue weighted by atomic mass is 9.94. The topological polar surface area (TPSA) is 8.17 Å². The second kappa shape index (κ2) is 16.1. The molecule has 0 saturated carbocycles. The van der Waals surface area contributed by atoms with Gasteiger partial charge in [-0.1, -0.05) is 200 Å². The number of anilines is 3. The predicted molar refractivity (Wildman–Crippen MR) is 263 cm³/mol. The van der Waals surface area contributed by atoms with Crippen molar-refractivity contribution in [3.8, 4) is 61.3 Å². The zero-order valence-electron chi connectivity index (χ0n) is 34.1. The number of nitrogens with zero attached hydrogens (tertiary/aromatic N) is 2. The minimum Gasteiger partial charge on any atom is -0.310 e. The van der Waals surface area contributed by atoms with Gasteiger partial charge in [-0.3, -0.25) is 0 Å². The van der Waals surface area contributed by atoms with Crippen LogP contribution in [0.1, 0.15) is 0 Å². The maximum atomic E-state index is 2.41. The van der Waals surface area contributed by atoms with Gasteiger partial charge in [0.15, 0.2) is 0 Å². The number of para-hydroxylation sites is 3. The Kier molecular flexibility index (Phi) is 9.57. The highest BCUT2D eigenvalue weighted by atomic mass is 15.1. The highest BCUT2D eigenvalue weighted by molar-refractivity contribution is 6.09. The maximum absolute atomic E-state index is 2.41. The van der Waals surface area contributed by atoms with E-state index in [-0.39, 0.29) is 0 Å². The molecule has 0 unspecified atom stereocenters. The van der Waals surface area contributed by atoms with E-state index in [2.05, 4.69) is 264 Å². The van der Waals surface area contributed by atoms with E-state index in [9.17, 15) is 0 Å². The molecular weight excluding hydrogens is 749 g/mol. The van der Waals surface area contributed by atoms with Gasteiger partial charge in [0.2, 0.25) is 0 Å². The number of hydrogen-bond donors (Lipinski definition) is 0. The monoisotopic (exact) mass is 790 g/mol. The lowest BCUT2D eigenvalue weighted by Crippen LogP contribution is -2.10. The van der Waals surface area contributed by atoms with Crippen molar-refractivity contribution < 1.29 is 0 Å². The third-order valence-electron chi connectivity index (χ3n) is 12.0. The summed E-state index contributed by atoms with van der Waals surface area (Å²) in [4.78, 5) is 2.36. The van der Waals surface area contributed by atoms with Crippen LogP contribution in [-0.4, -0.2) is 4.57 Å². The molecule has 1 heterocycles. The first-order valence-electron chi connectivity index (χ1n) is 21.3. The van der Waals surface area contributed by atoms with E-state index in [0.717, 1.165) is 17.1 Å². The lowest BCUT2D eigenvalue weighted by Gasteiger charge is -2.26. The summed E-state index contributed by atoms with van der Waals surface area (Å²) in [5, 5.41) is 2.53. The van der Waals surface area contributed by atoms with Gasteiger partial charge in [0, 0.05) is 33.4 Å². The van der Waals surface area contributed by atoms with Gasteiger partial charge in [0.25, 0.3) is 0 Å². The van der Waals surface area contributed by atoms with Crippen LogP contribution in [0.5, 0.6) is 0 Å². The summed E-state index contributed by atoms with van der Waals surface area (Å²) in [6.45, 7) is 0. The van der Waals surface area contributed by atoms with Crippen molar-refractivity contribution in [2.24, 2.45) is 0 Å². The van der Waals surface area contributed by atoms with Crippen LogP contribution >= 0.6 is 0 Å². The number of rotatable bonds is 9. The van der Waals surface area contributed by atoms with Crippen molar-refractivity contribution in [1.29, 1.82) is 0 Å². The molecular formula is C60H42N2. The molecule has 11 rings (SSSR count). The van der Waals surface area contributed by atoms with Crippen LogP contribution < -0.4 is 4.90 Å². The third kappa shape index (κ3) is 6.84. The highest BCUT2D eigenvalue weighted by Crippen LogP contribution is 2.41. The Morgan fingerprint density at radius 1 is 0.242 bits per heavy atom. The van der Waals surface area contributed by atoms with Crippen LogP contribution in [0.25, 0.3) is 83.1 Å². The Balaban J connectivity index is 0.938. The average Bonchev–Trinajstić information content (AvgIpc) is 3.69. The molecule has 62 heavy (non-hydrogen) atoms. The average molecular weight is 791 g/mol. The van der Waals surface area contributed by atoms with E-state index in [1.54, 1.807) is 0 Å². The Morgan fingerprint density at radius 2 is 0.629 bits per heavy atom. The number of hydrogen-bond acceptors (Lipinski definition) is 1. The first-order valence-corrected chi connectivity index (χ1v) is 21.3. The first-order chi connectivity index (χ1) is 30.8. The van der Waals surface area contributed by atoms with Gasteiger partial charge in [0.05, 0.1) is 16.7 Å². The Morgan fingerprint density at radius 3 is 1.23 bits per heavy atom. The van der Waals surface area contributed by atoms with Crippen LogP contribution in [0, 0.1) is 0 Å². The molecule has 292 valence electrons. The van der Waals surface area contributed by atoms with Gasteiger partial charge in [-0.15, -0.1) is 0 Å². The minimum absolute atomic E-state index is 1.09. The molecule has 0 bridgehead atoms. The quantitative estimate of drug-likeness (QED) is 0.141. The van der Waals surface area contributed by atoms with Crippen LogP contribution in [0.4, 0.5) is 17.1 Å². The summed E-state index contributed by atoms with van der Waals surface area (Å²) in [6.07, 6.45) is 0. The molecule has 0 radical (unpaired) electrons. The molecule has 0 aliphatic heterocycles. The van der Waals surface area contributed by atoms with Gasteiger partial charge in [0.1, 0.15) is 0 Å². The van der Waals surface area contributed by atoms with E-state index < -0.39 is 0 Å². The van der Waals surface area contributed by atoms with E-state index in [4.69, 9.17) is 0 Å². The van der Waals surface area contributed by atoms with E-state index in [0.29, 0.717) is 0 Å². The second-order valence-electron chi connectivity index (χ2n) is 15.7. The van der Waals surface area contributed by atoms with Crippen molar-refractivity contribution in [3.63, 3.8) is 0 Å². The lowest BCUT2D eigenvalue weighted by molar-refractivity contribution is 1.18. The molecule has 0 saturated heterocycles. The Bertz CT molecular complexity index is 3260. The number of benzene rings is 10. The van der Waals surface area contributed by atoms with E-state index in [1.807, 2.05) is 0 Å². The van der Waals surface area contributed by atoms with Crippen LogP contribution in [0.3, 0.4) is 0 Å². The number of aromatic nitrogens is 1. The molecule has 2 nitrogen and oxygen atoms in total. The van der Waals surface area contributed by atoms with Crippen LogP contribution in [-0.2, 0) is 0 Å². The van der Waals surface area contributed by atoms with Gasteiger partial charge in [-0.25, -0.2) is 0 Å². The molecule has 1 aromatic heterocycles. The molecule has 10 aromatic carbocycles. The summed E-state index contributed by atoms with van der Waals surface area (Å²) < 4.78 is 2.41. The summed E-state index contributed by atoms with van der Waals surface area (Å²) >= 11 is 0. The van der Waals surface area contributed by atoms with Crippen molar-refractivity contribution in [2.45, 2.75) is 0 Å². The van der Waals surface area contributed by atoms with Crippen LogP contribution in [0.15, 0.2) is 255 Å². The Labute approximate surface area is 362 Å². The largest absolute Gasteiger partial charge is 0.310 e. The maximum Gasteiger partial charge on any atom is 0.0541 e. The summed E-state index contributed by atoms with van der Waals surface area (Å²) in [7, 11) is 0. The molecule has 0 spiro atoms. The van der Waals surface area contributed by atoms with E-state index in [1.165, 1.54) is 83.1 Å². The van der Waals surface area contributed by atoms with Gasteiger partial charge in [-0.05, 0) is 105 Å². The van der Waals surface area contributed by atoms with Crippen molar-refractivity contribution in [2.75, 3.05) is 4.90 Å². The molecule has 0 aliphatic rings. The normalized spacial score (nSPS) is 11.2. The SMILES string of the molecule is c1ccc(-c2cccc(N(c3ccc(-c4ccc(-c5ccccc5-n5c6ccccc6c6ccccc65)cc4)cc3)c3ccc(-c4ccccc4-c4ccccc4)cc3)c2)cc1. The van der Waals surface area contributed by atoms with Gasteiger partial charge < -0.3 is 9.47 Å². The highest BCUT2D eigenvalue weighted by Gasteiger charge is 2.17. The fraction of sp³-hybridized carbons (Fsp3) is 0. The smallest absolute Gasteiger partial charge is 0.0541 e. The van der Waals surface area contributed by atoms with Crippen molar-refractivity contribution in [3.05, 3.63) is 255 Å². The summed E-state index contributed by atoms with van der Waals surface area (Å²) in [5.41, 5.74) is 18.8. The molecule has 0 atom stereocenters. The molecule has 0 aliphatic carbocycles. The standard InChI is InChI=1S/C60H42N2/c1-3-16-43(17-4-1)49-20-15-21-52(42-49)61(51-40-36-47(37-41-51)54-23-8-7-22-53(54)46-18-5-2-6-19-46)50-38-34-45(35-39-50)44-30-32-48(33-31-44)55-24-9-12-27-58(55)62-59-28-13-10-25-56(59)57-26-11-14-29-60(57)62/h1-42H. The van der Waals surface area contributed by atoms with Crippen molar-refractivity contribution in [1.82, 2.24) is 4.57 Å². The van der Waals surface area contributed by atoms with Gasteiger partial charge >= 0.3 is 0 Å². The number of fused-ring (bicyclic) bond motifs is 3. The third-order valence-corrected chi connectivity index (χ3v) is 12.0. The Hall–Kier alpha value is -8.20. The van der Waals surface area contributed by atoms with E-state index >= 15 is 0 Å². The minimum atomic E-state index is 1.09. The molecule has 11 aromatic rings. The summed E-state index contributed by atoms with van der Waals surface area (Å²) in [5.74, 6) is 0. The molecule has 0 fully saturated rings. The zero-order valence-corrected chi connectivity index (χ0v) is 34.1. The fourth-order valence-corrected chi connectivity index (χ4v) is 9.04. The molecule has 0 N–H and O–H groups in total. The predicted octanol–water partition coefficient (Wildman–Crippen LogP) is 16.6. The van der Waals surface area contributed by atoms with Crippen molar-refractivity contribution >= 4 is 38.9 Å². The zero-order chi connectivity index (χ0) is 41.2. The summed E-state index contributed by atoms with van der Waals surface area (Å²) in [6, 6.07) is 91.9. The molecule has 2 heteroatoms.